The van der Waals surface area contributed by atoms with E-state index in [1.165, 1.54) is 11.1 Å². The first-order valence-electron chi connectivity index (χ1n) is 11.1. The predicted octanol–water partition coefficient (Wildman–Crippen LogP) is 4.30. The van der Waals surface area contributed by atoms with Crippen molar-refractivity contribution < 1.29 is 31.1 Å². The quantitative estimate of drug-likeness (QED) is 0.476. The van der Waals surface area contributed by atoms with E-state index in [9.17, 15) is 31.1 Å². The number of hydrogen-bond acceptors (Lipinski definition) is 8. The lowest BCUT2D eigenvalue weighted by Gasteiger charge is -2.18. The lowest BCUT2D eigenvalue weighted by Crippen LogP contribution is -2.24. The van der Waals surface area contributed by atoms with Gasteiger partial charge in [0, 0.05) is 29.4 Å². The summed E-state index contributed by atoms with van der Waals surface area (Å²) in [5.41, 5.74) is -1.50. The number of amides is 1. The van der Waals surface area contributed by atoms with Gasteiger partial charge in [-0.2, -0.15) is 26.3 Å². The normalized spacial score (nSPS) is 19.7. The number of anilines is 3. The third-order valence-corrected chi connectivity index (χ3v) is 6.11. The maximum atomic E-state index is 12.9. The van der Waals surface area contributed by atoms with Crippen molar-refractivity contribution in [2.45, 2.75) is 50.2 Å². The molecule has 1 fully saturated rings. The number of pyridine rings is 2. The molecule has 1 aliphatic carbocycles. The second kappa shape index (κ2) is 9.12. The summed E-state index contributed by atoms with van der Waals surface area (Å²) in [4.78, 5) is 25.4. The molecule has 2 N–H and O–H groups in total. The molecule has 1 saturated carbocycles. The highest BCUT2D eigenvalue weighted by atomic mass is 19.4. The minimum atomic E-state index is -4.64. The minimum absolute atomic E-state index is 0.00922. The van der Waals surface area contributed by atoms with Gasteiger partial charge in [0.1, 0.15) is 11.5 Å². The van der Waals surface area contributed by atoms with Crippen molar-refractivity contribution in [1.82, 2.24) is 25.1 Å². The van der Waals surface area contributed by atoms with Crippen molar-refractivity contribution in [3.63, 3.8) is 0 Å². The van der Waals surface area contributed by atoms with Crippen LogP contribution in [0.3, 0.4) is 0 Å². The Morgan fingerprint density at radius 2 is 1.57 bits per heavy atom. The van der Waals surface area contributed by atoms with Gasteiger partial charge in [-0.3, -0.25) is 9.78 Å². The van der Waals surface area contributed by atoms with Crippen LogP contribution in [0.25, 0.3) is 0 Å². The second-order valence-electron chi connectivity index (χ2n) is 8.68. The smallest absolute Gasteiger partial charge is 0.367 e. The highest BCUT2D eigenvalue weighted by Gasteiger charge is 2.37. The van der Waals surface area contributed by atoms with Gasteiger partial charge in [-0.25, -0.2) is 9.97 Å². The van der Waals surface area contributed by atoms with Crippen LogP contribution in [0.4, 0.5) is 43.8 Å². The van der Waals surface area contributed by atoms with Gasteiger partial charge in [0.05, 0.1) is 24.6 Å². The van der Waals surface area contributed by atoms with Crippen LogP contribution in [-0.4, -0.2) is 43.1 Å². The molecule has 4 heterocycles. The Balaban J connectivity index is 1.17. The Labute approximate surface area is 205 Å². The molecule has 2 atom stereocenters. The van der Waals surface area contributed by atoms with Gasteiger partial charge in [-0.05, 0) is 37.5 Å². The summed E-state index contributed by atoms with van der Waals surface area (Å²) in [7, 11) is 0. The Hall–Kier alpha value is -4.04. The van der Waals surface area contributed by atoms with Crippen LogP contribution < -0.4 is 15.5 Å². The van der Waals surface area contributed by atoms with Gasteiger partial charge in [-0.15, -0.1) is 10.2 Å². The molecule has 194 valence electrons. The fourth-order valence-electron chi connectivity index (χ4n) is 4.30. The van der Waals surface area contributed by atoms with Gasteiger partial charge >= 0.3 is 12.4 Å². The molecule has 0 unspecified atom stereocenters. The zero-order valence-electron chi connectivity index (χ0n) is 18.8. The third kappa shape index (κ3) is 5.24. The van der Waals surface area contributed by atoms with E-state index in [2.05, 4.69) is 35.8 Å². The van der Waals surface area contributed by atoms with Gasteiger partial charge in [0.2, 0.25) is 5.95 Å². The van der Waals surface area contributed by atoms with Gasteiger partial charge in [0.25, 0.3) is 5.91 Å². The number of carbonyl (C=O) groups excluding carboxylic acids is 1. The van der Waals surface area contributed by atoms with Crippen LogP contribution in [-0.2, 0) is 18.9 Å². The lowest BCUT2D eigenvalue weighted by molar-refractivity contribution is -0.142. The summed E-state index contributed by atoms with van der Waals surface area (Å²) in [6.45, 7) is 0.0879. The first-order chi connectivity index (χ1) is 17.5. The fraction of sp³-hybridized carbons (Fsp3) is 0.364. The highest BCUT2D eigenvalue weighted by Crippen LogP contribution is 2.33. The summed E-state index contributed by atoms with van der Waals surface area (Å²) in [6, 6.07) is 4.00. The maximum absolute atomic E-state index is 12.9. The number of halogens is 6. The summed E-state index contributed by atoms with van der Waals surface area (Å²) in [5, 5.41) is 12.9. The Morgan fingerprint density at radius 3 is 2.19 bits per heavy atom. The monoisotopic (exact) mass is 524 g/mol. The Bertz CT molecular complexity index is 1300. The Kier molecular flexibility index (Phi) is 6.07. The molecule has 0 radical (unpaired) electrons. The molecular formula is C22H18F6N8O. The van der Waals surface area contributed by atoms with Crippen LogP contribution in [0.2, 0.25) is 0 Å². The molecule has 3 aromatic rings. The second-order valence-corrected chi connectivity index (χ2v) is 8.68. The van der Waals surface area contributed by atoms with Crippen molar-refractivity contribution in [1.29, 1.82) is 0 Å². The first kappa shape index (κ1) is 24.6. The molecule has 0 saturated heterocycles. The molecule has 1 aliphatic heterocycles. The van der Waals surface area contributed by atoms with Crippen molar-refractivity contribution >= 4 is 23.4 Å². The van der Waals surface area contributed by atoms with E-state index in [0.29, 0.717) is 36.1 Å². The number of nitrogens with one attached hydrogen (secondary N) is 2. The molecule has 9 nitrogen and oxygen atoms in total. The molecule has 5 rings (SSSR count). The zero-order valence-corrected chi connectivity index (χ0v) is 18.8. The van der Waals surface area contributed by atoms with Crippen LogP contribution in [0.15, 0.2) is 36.8 Å². The first-order valence-corrected chi connectivity index (χ1v) is 11.1. The predicted molar refractivity (Wildman–Crippen MR) is 117 cm³/mol. The summed E-state index contributed by atoms with van der Waals surface area (Å²) >= 11 is 0. The molecule has 15 heteroatoms. The molecule has 3 aromatic heterocycles. The van der Waals surface area contributed by atoms with Gasteiger partial charge < -0.3 is 15.5 Å². The van der Waals surface area contributed by atoms with E-state index in [-0.39, 0.29) is 30.1 Å². The minimum Gasteiger partial charge on any atom is -0.367 e. The van der Waals surface area contributed by atoms with E-state index in [1.807, 2.05) is 0 Å². The number of nitrogens with zero attached hydrogens (tertiary/aromatic N) is 6. The van der Waals surface area contributed by atoms with E-state index in [1.54, 1.807) is 12.1 Å². The summed E-state index contributed by atoms with van der Waals surface area (Å²) in [5.74, 6) is -0.0166. The standard InChI is InChI=1S/C22H18F6N8O/c23-21(24,25)16-6-15-11(7-29-16)10-36(19(15)37)14-3-4-18(30-8-14)32-12-1-2-13(5-12)33-20-31-9-17(34-35-20)22(26,27)28/h3-4,6-9,12-13H,1-2,5,10H2,(H,30,32)(H,31,33,35)/t12-,13-/m0/s1. The molecule has 2 aliphatic rings. The lowest BCUT2D eigenvalue weighted by atomic mass is 10.1. The van der Waals surface area contributed by atoms with Gasteiger partial charge in [-0.1, -0.05) is 0 Å². The average molecular weight is 524 g/mol. The van der Waals surface area contributed by atoms with Gasteiger partial charge in [0.15, 0.2) is 5.69 Å². The average Bonchev–Trinajstić information content (AvgIpc) is 3.42. The van der Waals surface area contributed by atoms with Crippen LogP contribution >= 0.6 is 0 Å². The third-order valence-electron chi connectivity index (χ3n) is 6.11. The number of hydrogen-bond donors (Lipinski definition) is 2. The molecule has 0 aromatic carbocycles. The van der Waals surface area contributed by atoms with Crippen LogP contribution in [0.5, 0.6) is 0 Å². The van der Waals surface area contributed by atoms with E-state index in [4.69, 9.17) is 0 Å². The van der Waals surface area contributed by atoms with E-state index >= 15 is 0 Å². The Morgan fingerprint density at radius 1 is 0.838 bits per heavy atom. The highest BCUT2D eigenvalue weighted by molar-refractivity contribution is 6.09. The topological polar surface area (TPSA) is 109 Å². The van der Waals surface area contributed by atoms with Crippen molar-refractivity contribution in [3.8, 4) is 0 Å². The van der Waals surface area contributed by atoms with Crippen molar-refractivity contribution in [3.05, 3.63) is 59.3 Å². The fourth-order valence-corrected chi connectivity index (χ4v) is 4.30. The number of carbonyl (C=O) groups is 1. The van der Waals surface area contributed by atoms with Crippen LogP contribution in [0, 0.1) is 0 Å². The van der Waals surface area contributed by atoms with E-state index in [0.717, 1.165) is 18.7 Å². The molecule has 37 heavy (non-hydrogen) atoms. The molecule has 0 bridgehead atoms. The molecule has 0 spiro atoms. The van der Waals surface area contributed by atoms with E-state index < -0.39 is 29.6 Å². The molecule has 1 amide bonds. The molecular weight excluding hydrogens is 506 g/mol. The number of fused-ring (bicyclic) bond motifs is 1. The number of rotatable bonds is 5. The largest absolute Gasteiger partial charge is 0.436 e. The SMILES string of the molecule is O=C1c2cc(C(F)(F)F)ncc2CN1c1ccc(N[C@H]2CC[C@H](Nc3ncc(C(F)(F)F)nn3)C2)nc1. The van der Waals surface area contributed by atoms with Crippen LogP contribution in [0.1, 0.15) is 46.6 Å². The maximum Gasteiger partial charge on any atom is 0.436 e. The zero-order chi connectivity index (χ0) is 26.4. The number of alkyl halides is 6. The van der Waals surface area contributed by atoms with Crippen molar-refractivity contribution in [2.75, 3.05) is 15.5 Å². The summed E-state index contributed by atoms with van der Waals surface area (Å²) < 4.78 is 76.6. The van der Waals surface area contributed by atoms with Crippen molar-refractivity contribution in [2.24, 2.45) is 0 Å². The summed E-state index contributed by atoms with van der Waals surface area (Å²) in [6.07, 6.45) is -4.01. The number of aromatic nitrogens is 5.